The zero-order valence-corrected chi connectivity index (χ0v) is 25.7. The maximum atomic E-state index is 11.1. The Morgan fingerprint density at radius 3 is 1.24 bits per heavy atom. The maximum absolute atomic E-state index is 11.1. The maximum Gasteiger partial charge on any atom is 0.133 e. The highest BCUT2D eigenvalue weighted by atomic mass is 127. The van der Waals surface area contributed by atoms with Gasteiger partial charge in [0, 0.05) is 65.3 Å². The van der Waals surface area contributed by atoms with Crippen LogP contribution in [0.15, 0.2) is 0 Å². The van der Waals surface area contributed by atoms with E-state index >= 15 is 0 Å². The standard InChI is InChI=1S/C9H18O3.C8H17NO3.C3H9NO2.C3H9N.CH3I.ClH/c1-2-3-4-9(12)5-8(6-10)7-11;9-3-1-2-8(12)4-7(5-10)6-11;4-3(1-5)2-6;1-2-3-4;1-2;/h8,10-11H,2-7H2,1H3;7,10-11H,1-6,9H2;3,5-6H,1-2,4H2;2-4H2,1H3;1H3;1H/i;;;;1D;. The van der Waals surface area contributed by atoms with E-state index < -0.39 is 6.04 Å². The summed E-state index contributed by atoms with van der Waals surface area (Å²) in [6.07, 6.45) is 5.29. The van der Waals surface area contributed by atoms with Gasteiger partial charge in [0.25, 0.3) is 0 Å². The number of rotatable bonds is 17. The molecule has 0 atom stereocenters. The summed E-state index contributed by atoms with van der Waals surface area (Å²) in [7, 11) is 0. The van der Waals surface area contributed by atoms with Crippen LogP contribution in [0.3, 0.4) is 0 Å². The van der Waals surface area contributed by atoms with E-state index in [9.17, 15) is 9.59 Å². The predicted octanol–water partition coefficient (Wildman–Crippen LogP) is 0.148. The highest BCUT2D eigenvalue weighted by Crippen LogP contribution is 2.06. The molecule has 12 N–H and O–H groups in total. The second-order valence-electron chi connectivity index (χ2n) is 7.86. The lowest BCUT2D eigenvalue weighted by molar-refractivity contribution is -0.121. The first-order valence-corrected chi connectivity index (χ1v) is 13.8. The molecule has 0 aliphatic heterocycles. The summed E-state index contributed by atoms with van der Waals surface area (Å²) in [5.41, 5.74) is 15.2. The first kappa shape index (κ1) is 46.8. The summed E-state index contributed by atoms with van der Waals surface area (Å²) in [4.78, 5) is 22.6. The SMILES string of the molecule is CCCCC(=O)CC(CO)CO.CCCN.Cl.NC(CO)CO.NCCCC(=O)CC(CO)CO.[2H]CI. The van der Waals surface area contributed by atoms with E-state index in [-0.39, 0.29) is 81.9 Å². The van der Waals surface area contributed by atoms with Crippen LogP contribution in [0, 0.1) is 11.8 Å². The molecule has 0 spiro atoms. The summed E-state index contributed by atoms with van der Waals surface area (Å²) < 4.78 is 6.20. The normalized spacial score (nSPS) is 9.86. The Labute approximate surface area is 245 Å². The molecule has 0 saturated carbocycles. The van der Waals surface area contributed by atoms with Crippen molar-refractivity contribution in [1.29, 1.82) is 0 Å². The van der Waals surface area contributed by atoms with Crippen molar-refractivity contribution in [2.75, 3.05) is 57.6 Å². The Bertz CT molecular complexity index is 407. The van der Waals surface area contributed by atoms with E-state index in [0.717, 1.165) is 25.8 Å². The zero-order chi connectivity index (χ0) is 29.9. The van der Waals surface area contributed by atoms with Crippen LogP contribution in [0.5, 0.6) is 0 Å². The van der Waals surface area contributed by atoms with Crippen LogP contribution in [0.4, 0.5) is 0 Å². The van der Waals surface area contributed by atoms with Crippen LogP contribution in [-0.4, -0.2) is 106 Å². The highest BCUT2D eigenvalue weighted by Gasteiger charge is 2.11. The third kappa shape index (κ3) is 49.5. The fourth-order valence-corrected chi connectivity index (χ4v) is 1.95. The average molecular weight is 679 g/mol. The van der Waals surface area contributed by atoms with Gasteiger partial charge in [-0.1, -0.05) is 42.9 Å². The largest absolute Gasteiger partial charge is 0.396 e. The van der Waals surface area contributed by atoms with E-state index in [1.807, 2.05) is 29.5 Å². The van der Waals surface area contributed by atoms with Crippen molar-refractivity contribution in [2.24, 2.45) is 29.0 Å². The van der Waals surface area contributed by atoms with Crippen molar-refractivity contribution in [2.45, 2.75) is 71.3 Å². The molecule has 0 radical (unpaired) electrons. The lowest BCUT2D eigenvalue weighted by Gasteiger charge is -2.08. The summed E-state index contributed by atoms with van der Waals surface area (Å²) >= 11 is 1.96. The molecule has 11 nitrogen and oxygen atoms in total. The van der Waals surface area contributed by atoms with Crippen molar-refractivity contribution in [3.8, 4) is 0 Å². The number of carbonyl (C=O) groups excluding carboxylic acids is 2. The van der Waals surface area contributed by atoms with Crippen molar-refractivity contribution >= 4 is 46.6 Å². The Morgan fingerprint density at radius 2 is 1.05 bits per heavy atom. The molecule has 0 aromatic carbocycles. The molecule has 0 amide bonds. The van der Waals surface area contributed by atoms with E-state index in [0.29, 0.717) is 37.1 Å². The quantitative estimate of drug-likeness (QED) is 0.0742. The number of aliphatic hydroxyl groups excluding tert-OH is 6. The van der Waals surface area contributed by atoms with Gasteiger partial charge in [-0.2, -0.15) is 0 Å². The van der Waals surface area contributed by atoms with E-state index in [2.05, 4.69) is 6.92 Å². The topological polar surface area (TPSA) is 234 Å². The predicted molar refractivity (Wildman–Crippen MR) is 161 cm³/mol. The molecule has 0 aliphatic carbocycles. The van der Waals surface area contributed by atoms with E-state index in [4.69, 9.17) is 49.2 Å². The fraction of sp³-hybridized carbons (Fsp3) is 0.917. The van der Waals surface area contributed by atoms with Crippen LogP contribution in [0.1, 0.15) is 66.6 Å². The lowest BCUT2D eigenvalue weighted by atomic mass is 10.0. The van der Waals surface area contributed by atoms with Crippen LogP contribution >= 0.6 is 35.0 Å². The van der Waals surface area contributed by atoms with Gasteiger partial charge in [-0.3, -0.25) is 9.59 Å². The molecule has 0 aromatic rings. The first-order valence-electron chi connectivity index (χ1n) is 13.0. The Balaban J connectivity index is -0.0000000918. The van der Waals surface area contributed by atoms with Crippen LogP contribution in [-0.2, 0) is 9.59 Å². The number of aliphatic hydroxyl groups is 6. The zero-order valence-electron chi connectivity index (χ0n) is 23.8. The minimum absolute atomic E-state index is 0. The number of alkyl halides is 1. The van der Waals surface area contributed by atoms with Gasteiger partial charge in [0.1, 0.15) is 11.6 Å². The summed E-state index contributed by atoms with van der Waals surface area (Å²) in [6.45, 7) is 4.66. The fourth-order valence-electron chi connectivity index (χ4n) is 1.95. The van der Waals surface area contributed by atoms with Crippen molar-refractivity contribution in [3.63, 3.8) is 0 Å². The number of ketones is 2. The van der Waals surface area contributed by atoms with Crippen molar-refractivity contribution < 1.29 is 41.6 Å². The molecule has 230 valence electrons. The molecule has 0 bridgehead atoms. The molecule has 0 fully saturated rings. The van der Waals surface area contributed by atoms with Crippen molar-refractivity contribution in [3.05, 3.63) is 0 Å². The van der Waals surface area contributed by atoms with Gasteiger partial charge in [0.05, 0.1) is 19.3 Å². The number of hydrogen-bond donors (Lipinski definition) is 9. The molecule has 0 rings (SSSR count). The van der Waals surface area contributed by atoms with Gasteiger partial charge < -0.3 is 47.8 Å². The van der Waals surface area contributed by atoms with Gasteiger partial charge in [0.2, 0.25) is 0 Å². The average Bonchev–Trinajstić information content (AvgIpc) is 2.92. The molecule has 13 heteroatoms. The molecule has 0 heterocycles. The number of nitrogens with two attached hydrogens (primary N) is 3. The summed E-state index contributed by atoms with van der Waals surface area (Å²) in [5, 5.41) is 50.8. The second kappa shape index (κ2) is 45.9. The number of carbonyl (C=O) groups is 2. The Kier molecular flexibility index (Phi) is 58.1. The highest BCUT2D eigenvalue weighted by molar-refractivity contribution is 14.1. The number of halogens is 2. The van der Waals surface area contributed by atoms with Gasteiger partial charge >= 0.3 is 0 Å². The third-order valence-electron chi connectivity index (χ3n) is 4.29. The van der Waals surface area contributed by atoms with Crippen LogP contribution < -0.4 is 17.2 Å². The Morgan fingerprint density at radius 1 is 0.730 bits per heavy atom. The summed E-state index contributed by atoms with van der Waals surface area (Å²) in [6, 6.07) is -0.454. The number of Topliss-reactive ketones (excluding diaryl/α,β-unsaturated/α-hetero) is 2. The second-order valence-corrected chi connectivity index (χ2v) is 7.86. The minimum atomic E-state index is -0.454. The molecular formula is C24H57ClIN3O8. The first-order chi connectivity index (χ1) is 17.6. The molecule has 37 heavy (non-hydrogen) atoms. The molecule has 0 unspecified atom stereocenters. The molecule has 0 aliphatic rings. The van der Waals surface area contributed by atoms with Crippen molar-refractivity contribution in [1.82, 2.24) is 0 Å². The van der Waals surface area contributed by atoms with Crippen LogP contribution in [0.25, 0.3) is 0 Å². The minimum Gasteiger partial charge on any atom is -0.396 e. The van der Waals surface area contributed by atoms with Gasteiger partial charge in [-0.05, 0) is 37.3 Å². The van der Waals surface area contributed by atoms with Gasteiger partial charge in [-0.15, -0.1) is 12.4 Å². The summed E-state index contributed by atoms with van der Waals surface area (Å²) in [5.74, 6) is -0.344. The third-order valence-corrected chi connectivity index (χ3v) is 4.29. The molecular weight excluding hydrogens is 621 g/mol. The van der Waals surface area contributed by atoms with Crippen LogP contribution in [0.2, 0.25) is 0 Å². The molecule has 0 aromatic heterocycles. The van der Waals surface area contributed by atoms with Gasteiger partial charge in [0.15, 0.2) is 0 Å². The lowest BCUT2D eigenvalue weighted by Crippen LogP contribution is -2.27. The Hall–Kier alpha value is 0. The smallest absolute Gasteiger partial charge is 0.133 e. The monoisotopic (exact) mass is 678 g/mol. The van der Waals surface area contributed by atoms with Gasteiger partial charge in [-0.25, -0.2) is 0 Å². The molecule has 0 saturated heterocycles. The number of unbranched alkanes of at least 4 members (excludes halogenated alkanes) is 1. The van der Waals surface area contributed by atoms with E-state index in [1.165, 1.54) is 0 Å². The van der Waals surface area contributed by atoms with E-state index in [1.54, 1.807) is 0 Å². The number of hydrogen-bond acceptors (Lipinski definition) is 11.